The number of hydrogen-bond donors (Lipinski definition) is 0. The second kappa shape index (κ2) is 2.80. The fourth-order valence-corrected chi connectivity index (χ4v) is 0. The van der Waals surface area contributed by atoms with Crippen LogP contribution in [0.3, 0.4) is 0 Å². The summed E-state index contributed by atoms with van der Waals surface area (Å²) in [6.07, 6.45) is 9.08. The second-order valence-corrected chi connectivity index (χ2v) is 7.35. The van der Waals surface area contributed by atoms with Gasteiger partial charge in [0.15, 0.2) is 0 Å². The summed E-state index contributed by atoms with van der Waals surface area (Å²) in [5, 5.41) is 0. The summed E-state index contributed by atoms with van der Waals surface area (Å²) in [4.78, 5) is 0. The van der Waals surface area contributed by atoms with E-state index in [9.17, 15) is 0 Å². The molecule has 0 heterocycles. The van der Waals surface area contributed by atoms with Crippen molar-refractivity contribution in [2.45, 2.75) is 0 Å². The molecule has 0 unspecified atom stereocenters. The molecule has 0 aliphatic carbocycles. The normalized spacial score (nSPS) is 12.7. The van der Waals surface area contributed by atoms with Crippen LogP contribution in [0.1, 0.15) is 0 Å². The minimum Gasteiger partial charge on any atom is -0.253 e. The second-order valence-electron chi connectivity index (χ2n) is 2.45. The van der Waals surface area contributed by atoms with Crippen LogP contribution in [0.2, 0.25) is 0 Å². The summed E-state index contributed by atoms with van der Waals surface area (Å²) in [6.45, 7) is 0. The molecule has 0 N–H and O–H groups in total. The van der Waals surface area contributed by atoms with Crippen LogP contribution in [0.15, 0.2) is 0 Å². The standard InChI is InChI=1S/C4H12S.H2S/c1-5(2,3)4;/h1-4H3;1H2. The van der Waals surface area contributed by atoms with Crippen LogP contribution in [0, 0.1) is 0 Å². The molecule has 0 rings (SSSR count). The van der Waals surface area contributed by atoms with Crippen LogP contribution < -0.4 is 0 Å². The minimum atomic E-state index is -0.167. The molecule has 0 aromatic rings. The van der Waals surface area contributed by atoms with E-state index in [1.165, 1.54) is 0 Å². The van der Waals surface area contributed by atoms with Gasteiger partial charge in [-0.05, 0) is 25.0 Å². The quantitative estimate of drug-likeness (QED) is 0.460. The first-order valence-corrected chi connectivity index (χ1v) is 4.90. The van der Waals surface area contributed by atoms with Crippen molar-refractivity contribution in [2.24, 2.45) is 0 Å². The molecule has 0 bridgehead atoms. The maximum atomic E-state index is 2.27. The molecule has 0 aromatic carbocycles. The highest BCUT2D eigenvalue weighted by atomic mass is 32.3. The SMILES string of the molecule is CS(C)(C)C.S. The summed E-state index contributed by atoms with van der Waals surface area (Å²) in [7, 11) is -0.167. The van der Waals surface area contributed by atoms with Gasteiger partial charge >= 0.3 is 0 Å². The average molecular weight is 126 g/mol. The minimum absolute atomic E-state index is 0. The van der Waals surface area contributed by atoms with Gasteiger partial charge in [-0.15, -0.1) is 0 Å². The van der Waals surface area contributed by atoms with E-state index < -0.39 is 0 Å². The lowest BCUT2D eigenvalue weighted by Crippen LogP contribution is -1.82. The van der Waals surface area contributed by atoms with Gasteiger partial charge in [0.2, 0.25) is 0 Å². The van der Waals surface area contributed by atoms with Crippen LogP contribution in [-0.2, 0) is 0 Å². The first kappa shape index (κ1) is 9.85. The molecule has 0 saturated carbocycles. The lowest BCUT2D eigenvalue weighted by Gasteiger charge is -2.15. The average Bonchev–Trinajstić information content (AvgIpc) is 0.722. The van der Waals surface area contributed by atoms with Gasteiger partial charge in [0.05, 0.1) is 0 Å². The van der Waals surface area contributed by atoms with E-state index in [-0.39, 0.29) is 23.5 Å². The lowest BCUT2D eigenvalue weighted by molar-refractivity contribution is 2.04. The van der Waals surface area contributed by atoms with E-state index in [1.54, 1.807) is 0 Å². The van der Waals surface area contributed by atoms with E-state index >= 15 is 0 Å². The van der Waals surface area contributed by atoms with Crippen molar-refractivity contribution in [1.82, 2.24) is 0 Å². The fourth-order valence-electron chi connectivity index (χ4n) is 0. The Kier molecular flexibility index (Phi) is 4.61. The predicted molar refractivity (Wildman–Crippen MR) is 41.7 cm³/mol. The van der Waals surface area contributed by atoms with Gasteiger partial charge in [-0.1, -0.05) is 0 Å². The molecular formula is C4H14S2. The zero-order valence-corrected chi connectivity index (χ0v) is 6.72. The van der Waals surface area contributed by atoms with E-state index in [0.717, 1.165) is 0 Å². The Morgan fingerprint density at radius 3 is 0.833 bits per heavy atom. The van der Waals surface area contributed by atoms with Gasteiger partial charge < -0.3 is 0 Å². The van der Waals surface area contributed by atoms with Crippen LogP contribution in [0.4, 0.5) is 0 Å². The van der Waals surface area contributed by atoms with Gasteiger partial charge in [-0.2, -0.15) is 13.5 Å². The Hall–Kier alpha value is 0.700. The molecule has 0 radical (unpaired) electrons. The van der Waals surface area contributed by atoms with Gasteiger partial charge in [0.1, 0.15) is 0 Å². The maximum absolute atomic E-state index is 2.27. The highest BCUT2D eigenvalue weighted by molar-refractivity contribution is 8.31. The smallest absolute Gasteiger partial charge is 0.0352 e. The molecule has 0 saturated heterocycles. The third-order valence-electron chi connectivity index (χ3n) is 0. The molecule has 42 valence electrons. The molecule has 0 fully saturated rings. The Balaban J connectivity index is 0. The Morgan fingerprint density at radius 1 is 0.833 bits per heavy atom. The molecule has 6 heavy (non-hydrogen) atoms. The summed E-state index contributed by atoms with van der Waals surface area (Å²) in [6, 6.07) is 0. The zero-order chi connectivity index (χ0) is 4.50. The third kappa shape index (κ3) is 131. The van der Waals surface area contributed by atoms with Crippen molar-refractivity contribution >= 4 is 23.5 Å². The number of rotatable bonds is 0. The summed E-state index contributed by atoms with van der Waals surface area (Å²) in [5.41, 5.74) is 0. The Labute approximate surface area is 49.1 Å². The molecule has 0 amide bonds. The van der Waals surface area contributed by atoms with Crippen molar-refractivity contribution in [2.75, 3.05) is 25.0 Å². The van der Waals surface area contributed by atoms with Crippen molar-refractivity contribution in [1.29, 1.82) is 0 Å². The Morgan fingerprint density at radius 2 is 0.833 bits per heavy atom. The topological polar surface area (TPSA) is 0 Å². The maximum Gasteiger partial charge on any atom is -0.0352 e. The summed E-state index contributed by atoms with van der Waals surface area (Å²) < 4.78 is 0. The van der Waals surface area contributed by atoms with E-state index in [2.05, 4.69) is 25.0 Å². The highest BCUT2D eigenvalue weighted by Gasteiger charge is 1.86. The van der Waals surface area contributed by atoms with Crippen molar-refractivity contribution in [3.05, 3.63) is 0 Å². The van der Waals surface area contributed by atoms with Gasteiger partial charge in [-0.25, -0.2) is 0 Å². The first-order valence-electron chi connectivity index (χ1n) is 1.63. The molecule has 0 atom stereocenters. The molecule has 0 spiro atoms. The summed E-state index contributed by atoms with van der Waals surface area (Å²) in [5.74, 6) is 0. The van der Waals surface area contributed by atoms with Crippen LogP contribution in [0.5, 0.6) is 0 Å². The van der Waals surface area contributed by atoms with Crippen LogP contribution in [-0.4, -0.2) is 25.0 Å². The molecule has 0 aromatic heterocycles. The van der Waals surface area contributed by atoms with E-state index in [4.69, 9.17) is 0 Å². The molecule has 0 aliphatic heterocycles. The third-order valence-corrected chi connectivity index (χ3v) is 0. The molecule has 0 aliphatic rings. The largest absolute Gasteiger partial charge is 0.253 e. The molecular weight excluding hydrogens is 112 g/mol. The first-order chi connectivity index (χ1) is 2.00. The highest BCUT2D eigenvalue weighted by Crippen LogP contribution is 2.27. The van der Waals surface area contributed by atoms with Crippen LogP contribution >= 0.6 is 23.5 Å². The van der Waals surface area contributed by atoms with Gasteiger partial charge in [0.25, 0.3) is 0 Å². The molecule has 2 heteroatoms. The fraction of sp³-hybridized carbons (Fsp3) is 1.00. The van der Waals surface area contributed by atoms with Crippen molar-refractivity contribution in [3.63, 3.8) is 0 Å². The molecule has 0 nitrogen and oxygen atoms in total. The number of hydrogen-bond acceptors (Lipinski definition) is 0. The Bertz CT molecular complexity index is 21.0. The van der Waals surface area contributed by atoms with Crippen molar-refractivity contribution < 1.29 is 0 Å². The predicted octanol–water partition coefficient (Wildman–Crippen LogP) is 1.42. The van der Waals surface area contributed by atoms with E-state index in [0.29, 0.717) is 0 Å². The summed E-state index contributed by atoms with van der Waals surface area (Å²) >= 11 is 0. The van der Waals surface area contributed by atoms with Gasteiger partial charge in [0, 0.05) is 0 Å². The van der Waals surface area contributed by atoms with E-state index in [1.807, 2.05) is 0 Å². The van der Waals surface area contributed by atoms with Gasteiger partial charge in [-0.3, -0.25) is 10.0 Å². The van der Waals surface area contributed by atoms with Crippen LogP contribution in [0.25, 0.3) is 0 Å². The monoisotopic (exact) mass is 126 g/mol. The van der Waals surface area contributed by atoms with Crippen molar-refractivity contribution in [3.8, 4) is 0 Å². The lowest BCUT2D eigenvalue weighted by atomic mass is 11.8. The zero-order valence-electron chi connectivity index (χ0n) is 4.91.